The molecule has 9 heteroatoms. The maximum Gasteiger partial charge on any atom is 0.156 e. The molecule has 3 atom stereocenters. The van der Waals surface area contributed by atoms with Crippen molar-refractivity contribution >= 4 is 33.1 Å². The number of hydrogen-bond acceptors (Lipinski definition) is 8. The topological polar surface area (TPSA) is 80.9 Å². The number of aryl methyl sites for hydroxylation is 1. The summed E-state index contributed by atoms with van der Waals surface area (Å²) in [6.45, 7) is 8.91. The average molecular weight is 492 g/mol. The number of nitrogens with one attached hydrogen (secondary N) is 1. The summed E-state index contributed by atoms with van der Waals surface area (Å²) in [6.07, 6.45) is 14.4. The lowest BCUT2D eigenvalue weighted by molar-refractivity contribution is 0.194. The van der Waals surface area contributed by atoms with Gasteiger partial charge in [-0.2, -0.15) is 0 Å². The van der Waals surface area contributed by atoms with Crippen LogP contribution in [0.15, 0.2) is 41.6 Å². The van der Waals surface area contributed by atoms with Gasteiger partial charge in [-0.25, -0.2) is 24.9 Å². The summed E-state index contributed by atoms with van der Waals surface area (Å²) in [5.41, 5.74) is 4.68. The zero-order valence-corrected chi connectivity index (χ0v) is 21.6. The highest BCUT2D eigenvalue weighted by molar-refractivity contribution is 8.13. The summed E-state index contributed by atoms with van der Waals surface area (Å²) >= 11 is 3.43. The first-order chi connectivity index (χ1) is 16.3. The molecule has 0 aliphatic carbocycles. The lowest BCUT2D eigenvalue weighted by atomic mass is 9.76. The summed E-state index contributed by atoms with van der Waals surface area (Å²) in [4.78, 5) is 23.4. The third kappa shape index (κ3) is 3.93. The van der Waals surface area contributed by atoms with Gasteiger partial charge in [0.1, 0.15) is 27.1 Å². The molecule has 0 saturated carbocycles. The number of rotatable bonds is 4. The normalized spacial score (nSPS) is 28.6. The zero-order valence-electron chi connectivity index (χ0n) is 20.0. The van der Waals surface area contributed by atoms with Gasteiger partial charge in [0.05, 0.1) is 23.8 Å². The van der Waals surface area contributed by atoms with Crippen molar-refractivity contribution in [2.45, 2.75) is 70.2 Å². The fourth-order valence-corrected chi connectivity index (χ4v) is 7.93. The van der Waals surface area contributed by atoms with E-state index >= 15 is 0 Å². The summed E-state index contributed by atoms with van der Waals surface area (Å²) in [6, 6.07) is 0. The summed E-state index contributed by atoms with van der Waals surface area (Å²) in [5, 5.41) is 6.96. The molecule has 3 aliphatic heterocycles. The largest absolute Gasteiger partial charge is 0.306 e. The Labute approximate surface area is 208 Å². The monoisotopic (exact) mass is 491 g/mol. The van der Waals surface area contributed by atoms with Crippen molar-refractivity contribution in [3.05, 3.63) is 48.0 Å². The Morgan fingerprint density at radius 1 is 1.15 bits per heavy atom. The molecule has 6 rings (SSSR count). The van der Waals surface area contributed by atoms with Crippen LogP contribution in [-0.4, -0.2) is 40.6 Å². The highest BCUT2D eigenvalue weighted by Gasteiger charge is 2.49. The number of imidazole rings is 1. The molecule has 0 spiro atoms. The van der Waals surface area contributed by atoms with Gasteiger partial charge in [-0.05, 0) is 64.9 Å². The highest BCUT2D eigenvalue weighted by atomic mass is 32.2. The van der Waals surface area contributed by atoms with E-state index < -0.39 is 0 Å². The molecule has 0 amide bonds. The lowest BCUT2D eigenvalue weighted by Gasteiger charge is -2.43. The number of thioether (sulfide) groups is 1. The molecule has 176 valence electrons. The lowest BCUT2D eigenvalue weighted by Crippen LogP contribution is -2.54. The van der Waals surface area contributed by atoms with Crippen molar-refractivity contribution in [2.24, 2.45) is 10.9 Å². The quantitative estimate of drug-likeness (QED) is 0.510. The van der Waals surface area contributed by atoms with Gasteiger partial charge in [0.25, 0.3) is 0 Å². The Hall–Kier alpha value is -2.36. The molecule has 0 aromatic carbocycles. The second kappa shape index (κ2) is 8.10. The fourth-order valence-electron chi connectivity index (χ4n) is 5.78. The average Bonchev–Trinajstić information content (AvgIpc) is 3.49. The predicted molar refractivity (Wildman–Crippen MR) is 139 cm³/mol. The third-order valence-electron chi connectivity index (χ3n) is 7.28. The SMILES string of the molecule is C/C=C(\C1=Nc2sc(-c3cnc(-n4cnc(C)c4)cn3)nc2CS1)C1C[C@]2(C)CC[C@](C)(C1)N2. The minimum atomic E-state index is 0.245. The van der Waals surface area contributed by atoms with Crippen LogP contribution in [0.4, 0.5) is 5.00 Å². The first-order valence-corrected chi connectivity index (χ1v) is 13.6. The minimum absolute atomic E-state index is 0.245. The van der Waals surface area contributed by atoms with Crippen molar-refractivity contribution in [3.8, 4) is 16.5 Å². The Balaban J connectivity index is 1.25. The van der Waals surface area contributed by atoms with Gasteiger partial charge >= 0.3 is 0 Å². The minimum Gasteiger partial charge on any atom is -0.306 e. The molecule has 2 fully saturated rings. The molecule has 6 heterocycles. The molecule has 2 saturated heterocycles. The molecule has 3 aromatic heterocycles. The maximum absolute atomic E-state index is 5.11. The number of hydrogen-bond donors (Lipinski definition) is 1. The van der Waals surface area contributed by atoms with E-state index in [1.54, 1.807) is 30.1 Å². The van der Waals surface area contributed by atoms with Crippen LogP contribution in [0.25, 0.3) is 16.5 Å². The van der Waals surface area contributed by atoms with Crippen molar-refractivity contribution in [1.82, 2.24) is 29.8 Å². The van der Waals surface area contributed by atoms with Gasteiger partial charge in [-0.1, -0.05) is 29.2 Å². The van der Waals surface area contributed by atoms with Crippen molar-refractivity contribution in [1.29, 1.82) is 0 Å². The molecule has 3 aliphatic rings. The van der Waals surface area contributed by atoms with E-state index in [-0.39, 0.29) is 11.1 Å². The molecule has 2 bridgehead atoms. The summed E-state index contributed by atoms with van der Waals surface area (Å²) in [7, 11) is 0. The Kier molecular flexibility index (Phi) is 5.27. The second-order valence-corrected chi connectivity index (χ2v) is 12.2. The van der Waals surface area contributed by atoms with Gasteiger partial charge in [0, 0.05) is 23.0 Å². The van der Waals surface area contributed by atoms with E-state index in [1.807, 2.05) is 29.4 Å². The number of allylic oxidation sites excluding steroid dienone is 1. The van der Waals surface area contributed by atoms with Gasteiger partial charge in [0.15, 0.2) is 5.82 Å². The standard InChI is InChI=1S/C25H29N7S2/c1-5-17(16-8-24(3)6-7-25(4,9-16)31-24)21-30-23-19(13-33-21)29-22(34-23)18-10-27-20(11-26-18)32-12-15(2)28-14-32/h5,10-12,14,16,31H,6-9,13H2,1-4H3/b17-5-/t16?,24-,25+. The predicted octanol–water partition coefficient (Wildman–Crippen LogP) is 5.63. The summed E-state index contributed by atoms with van der Waals surface area (Å²) in [5.74, 6) is 2.15. The van der Waals surface area contributed by atoms with Crippen LogP contribution >= 0.6 is 23.1 Å². The summed E-state index contributed by atoms with van der Waals surface area (Å²) < 4.78 is 1.87. The van der Waals surface area contributed by atoms with E-state index in [0.29, 0.717) is 5.92 Å². The van der Waals surface area contributed by atoms with E-state index in [2.05, 4.69) is 47.1 Å². The molecule has 34 heavy (non-hydrogen) atoms. The first kappa shape index (κ1) is 22.1. The van der Waals surface area contributed by atoms with E-state index in [9.17, 15) is 0 Å². The maximum atomic E-state index is 5.11. The molecular formula is C25H29N7S2. The van der Waals surface area contributed by atoms with Crippen LogP contribution in [0, 0.1) is 12.8 Å². The molecule has 0 radical (unpaired) electrons. The number of nitrogens with zero attached hydrogens (tertiary/aromatic N) is 6. The van der Waals surface area contributed by atoms with Gasteiger partial charge in [-0.3, -0.25) is 4.57 Å². The molecule has 7 nitrogen and oxygen atoms in total. The Morgan fingerprint density at radius 3 is 2.59 bits per heavy atom. The molecule has 1 unspecified atom stereocenters. The number of aromatic nitrogens is 5. The Morgan fingerprint density at radius 2 is 1.94 bits per heavy atom. The smallest absolute Gasteiger partial charge is 0.156 e. The number of fused-ring (bicyclic) bond motifs is 3. The van der Waals surface area contributed by atoms with Crippen LogP contribution in [0.5, 0.6) is 0 Å². The van der Waals surface area contributed by atoms with Crippen LogP contribution < -0.4 is 5.32 Å². The van der Waals surface area contributed by atoms with Crippen LogP contribution in [0.1, 0.15) is 57.8 Å². The van der Waals surface area contributed by atoms with Crippen molar-refractivity contribution in [3.63, 3.8) is 0 Å². The Bertz CT molecular complexity index is 1290. The van der Waals surface area contributed by atoms with Gasteiger partial charge in [0.2, 0.25) is 0 Å². The van der Waals surface area contributed by atoms with Gasteiger partial charge < -0.3 is 5.32 Å². The van der Waals surface area contributed by atoms with E-state index in [1.165, 1.54) is 36.3 Å². The molecule has 3 aromatic rings. The van der Waals surface area contributed by atoms with Crippen molar-refractivity contribution in [2.75, 3.05) is 0 Å². The van der Waals surface area contributed by atoms with Crippen molar-refractivity contribution < 1.29 is 0 Å². The van der Waals surface area contributed by atoms with Gasteiger partial charge in [-0.15, -0.1) is 0 Å². The molecule has 1 N–H and O–H groups in total. The highest BCUT2D eigenvalue weighted by Crippen LogP contribution is 2.49. The van der Waals surface area contributed by atoms with E-state index in [4.69, 9.17) is 9.98 Å². The van der Waals surface area contributed by atoms with Crippen LogP contribution in [0.2, 0.25) is 0 Å². The van der Waals surface area contributed by atoms with Crippen LogP contribution in [-0.2, 0) is 5.75 Å². The first-order valence-electron chi connectivity index (χ1n) is 11.8. The number of piperidine rings is 1. The third-order valence-corrected chi connectivity index (χ3v) is 9.31. The van der Waals surface area contributed by atoms with E-state index in [0.717, 1.165) is 38.7 Å². The second-order valence-electron chi connectivity index (χ2n) is 10.3. The van der Waals surface area contributed by atoms with Crippen LogP contribution in [0.3, 0.4) is 0 Å². The number of aliphatic imine (C=N–C) groups is 1. The fraction of sp³-hybridized carbons (Fsp3) is 0.480. The zero-order chi connectivity index (χ0) is 23.5. The number of thiazole rings is 1. The molecular weight excluding hydrogens is 462 g/mol.